The lowest BCUT2D eigenvalue weighted by Crippen LogP contribution is -2.01. The van der Waals surface area contributed by atoms with Gasteiger partial charge in [-0.2, -0.15) is 0 Å². The standard InChI is InChI=1S/C9H11ClO2S.C9H11FO2S.C9H12O2S/c2*1-3-7-4-5-9(8(10)6-7)13(2,11)12;1-3-8-5-4-6-9(7-8)12(2,10)11/h2*4-6H,3H2,1-2H3;4-7H,3H2,1-2H3. The summed E-state index contributed by atoms with van der Waals surface area (Å²) in [6.45, 7) is 5.88. The molecule has 0 aliphatic heterocycles. The van der Waals surface area contributed by atoms with Crippen LogP contribution < -0.4 is 0 Å². The minimum atomic E-state index is -3.43. The molecule has 0 bridgehead atoms. The van der Waals surface area contributed by atoms with Crippen LogP contribution in [0, 0.1) is 5.82 Å². The molecule has 0 heterocycles. The van der Waals surface area contributed by atoms with Crippen molar-refractivity contribution in [1.82, 2.24) is 0 Å². The van der Waals surface area contributed by atoms with Crippen LogP contribution in [0.4, 0.5) is 4.39 Å². The number of hydrogen-bond acceptors (Lipinski definition) is 6. The summed E-state index contributed by atoms with van der Waals surface area (Å²) in [5.41, 5.74) is 2.89. The Hall–Kier alpha value is -2.27. The molecule has 0 aliphatic carbocycles. The van der Waals surface area contributed by atoms with Gasteiger partial charge < -0.3 is 0 Å². The van der Waals surface area contributed by atoms with Gasteiger partial charge in [-0.15, -0.1) is 0 Å². The quantitative estimate of drug-likeness (QED) is 0.355. The third-order valence-corrected chi connectivity index (χ3v) is 9.16. The molecular formula is C27H34ClFO6S3. The number of benzene rings is 3. The van der Waals surface area contributed by atoms with Gasteiger partial charge in [0.1, 0.15) is 10.7 Å². The average Bonchev–Trinajstić information content (AvgIpc) is 2.82. The van der Waals surface area contributed by atoms with E-state index in [1.165, 1.54) is 18.4 Å². The lowest BCUT2D eigenvalue weighted by molar-refractivity contribution is 0.569. The lowest BCUT2D eigenvalue weighted by atomic mass is 10.2. The second-order valence-electron chi connectivity index (χ2n) is 8.55. The second-order valence-corrected chi connectivity index (χ2v) is 14.9. The maximum Gasteiger partial charge on any atom is 0.178 e. The minimum Gasteiger partial charge on any atom is -0.224 e. The molecule has 11 heteroatoms. The Balaban J connectivity index is 0.000000285. The molecule has 0 spiro atoms. The monoisotopic (exact) mass is 604 g/mol. The van der Waals surface area contributed by atoms with E-state index in [2.05, 4.69) is 0 Å². The molecule has 0 fully saturated rings. The normalized spacial score (nSPS) is 11.6. The van der Waals surface area contributed by atoms with Crippen molar-refractivity contribution in [3.05, 3.63) is 88.2 Å². The van der Waals surface area contributed by atoms with E-state index in [0.717, 1.165) is 42.0 Å². The molecule has 0 N–H and O–H groups in total. The van der Waals surface area contributed by atoms with Crippen molar-refractivity contribution >= 4 is 41.1 Å². The largest absolute Gasteiger partial charge is 0.224 e. The van der Waals surface area contributed by atoms with E-state index in [1.54, 1.807) is 42.5 Å². The summed E-state index contributed by atoms with van der Waals surface area (Å²) in [4.78, 5) is 0.373. The van der Waals surface area contributed by atoms with Crippen LogP contribution in [0.25, 0.3) is 0 Å². The summed E-state index contributed by atoms with van der Waals surface area (Å²) in [7, 11) is -9.66. The third-order valence-electron chi connectivity index (χ3n) is 5.34. The van der Waals surface area contributed by atoms with Gasteiger partial charge in [-0.3, -0.25) is 0 Å². The summed E-state index contributed by atoms with van der Waals surface area (Å²) >= 11 is 5.81. The van der Waals surface area contributed by atoms with Gasteiger partial charge in [0.15, 0.2) is 29.5 Å². The molecule has 0 amide bonds. The third kappa shape index (κ3) is 10.8. The topological polar surface area (TPSA) is 102 Å². The maximum absolute atomic E-state index is 13.2. The summed E-state index contributed by atoms with van der Waals surface area (Å²) in [5, 5.41) is 0.307. The van der Waals surface area contributed by atoms with Crippen molar-refractivity contribution in [3.63, 3.8) is 0 Å². The Labute approximate surface area is 231 Å². The van der Waals surface area contributed by atoms with E-state index in [1.807, 2.05) is 26.8 Å². The van der Waals surface area contributed by atoms with Crippen molar-refractivity contribution in [3.8, 4) is 0 Å². The molecular weight excluding hydrogens is 571 g/mol. The van der Waals surface area contributed by atoms with Gasteiger partial charge in [0.25, 0.3) is 0 Å². The fourth-order valence-corrected chi connectivity index (χ4v) is 5.90. The molecule has 0 aliphatic rings. The number of sulfone groups is 3. The summed E-state index contributed by atoms with van der Waals surface area (Å²) in [6, 6.07) is 16.3. The lowest BCUT2D eigenvalue weighted by Gasteiger charge is -2.03. The first kappa shape index (κ1) is 33.8. The van der Waals surface area contributed by atoms with Crippen molar-refractivity contribution in [2.45, 2.75) is 54.7 Å². The van der Waals surface area contributed by atoms with Crippen molar-refractivity contribution in [2.24, 2.45) is 0 Å². The Morgan fingerprint density at radius 1 is 0.605 bits per heavy atom. The maximum atomic E-state index is 13.2. The molecule has 0 saturated heterocycles. The van der Waals surface area contributed by atoms with Gasteiger partial charge in [-0.05, 0) is 72.4 Å². The fourth-order valence-electron chi connectivity index (χ4n) is 3.13. The van der Waals surface area contributed by atoms with Crippen LogP contribution in [0.5, 0.6) is 0 Å². The highest BCUT2D eigenvalue weighted by Crippen LogP contribution is 2.22. The Morgan fingerprint density at radius 2 is 1.05 bits per heavy atom. The highest BCUT2D eigenvalue weighted by molar-refractivity contribution is 7.91. The molecule has 38 heavy (non-hydrogen) atoms. The molecule has 0 radical (unpaired) electrons. The van der Waals surface area contributed by atoms with E-state index in [9.17, 15) is 29.6 Å². The predicted octanol–water partition coefficient (Wildman–Crippen LogP) is 5.75. The summed E-state index contributed by atoms with van der Waals surface area (Å²) < 4.78 is 79.7. The number of hydrogen-bond donors (Lipinski definition) is 0. The van der Waals surface area contributed by atoms with Gasteiger partial charge in [0, 0.05) is 18.8 Å². The van der Waals surface area contributed by atoms with Gasteiger partial charge in [-0.25, -0.2) is 29.6 Å². The molecule has 3 aromatic rings. The zero-order valence-corrected chi connectivity index (χ0v) is 25.5. The first-order valence-electron chi connectivity index (χ1n) is 11.7. The first-order chi connectivity index (χ1) is 17.4. The molecule has 3 aromatic carbocycles. The van der Waals surface area contributed by atoms with Crippen LogP contribution in [-0.4, -0.2) is 44.0 Å². The van der Waals surface area contributed by atoms with Crippen molar-refractivity contribution < 1.29 is 29.6 Å². The van der Waals surface area contributed by atoms with E-state index < -0.39 is 35.3 Å². The smallest absolute Gasteiger partial charge is 0.178 e. The SMILES string of the molecule is CCc1ccc(S(C)(=O)=O)c(Cl)c1.CCc1ccc(S(C)(=O)=O)c(F)c1.CCc1cccc(S(C)(=O)=O)c1. The Morgan fingerprint density at radius 3 is 1.45 bits per heavy atom. The fraction of sp³-hybridized carbons (Fsp3) is 0.333. The minimum absolute atomic E-state index is 0.200. The van der Waals surface area contributed by atoms with E-state index >= 15 is 0 Å². The first-order valence-corrected chi connectivity index (χ1v) is 17.7. The van der Waals surface area contributed by atoms with Crippen LogP contribution in [-0.2, 0) is 48.8 Å². The highest BCUT2D eigenvalue weighted by atomic mass is 35.5. The van der Waals surface area contributed by atoms with Crippen LogP contribution >= 0.6 is 11.6 Å². The van der Waals surface area contributed by atoms with Gasteiger partial charge >= 0.3 is 0 Å². The van der Waals surface area contributed by atoms with Gasteiger partial charge in [0.2, 0.25) is 0 Å². The van der Waals surface area contributed by atoms with E-state index in [4.69, 9.17) is 11.6 Å². The highest BCUT2D eigenvalue weighted by Gasteiger charge is 2.13. The van der Waals surface area contributed by atoms with Crippen molar-refractivity contribution in [1.29, 1.82) is 0 Å². The molecule has 6 nitrogen and oxygen atoms in total. The average molecular weight is 605 g/mol. The Kier molecular flexibility index (Phi) is 12.6. The number of halogens is 2. The molecule has 3 rings (SSSR count). The Bertz CT molecular complexity index is 1480. The molecule has 0 atom stereocenters. The molecule has 210 valence electrons. The van der Waals surface area contributed by atoms with Gasteiger partial charge in [-0.1, -0.05) is 56.6 Å². The molecule has 0 unspecified atom stereocenters. The summed E-state index contributed by atoms with van der Waals surface area (Å²) in [5.74, 6) is -0.665. The number of rotatable bonds is 6. The van der Waals surface area contributed by atoms with E-state index in [-0.39, 0.29) is 9.79 Å². The molecule has 0 saturated carbocycles. The number of aryl methyl sites for hydroxylation is 3. The van der Waals surface area contributed by atoms with Crippen LogP contribution in [0.15, 0.2) is 75.4 Å². The van der Waals surface area contributed by atoms with Gasteiger partial charge in [0.05, 0.1) is 14.8 Å². The predicted molar refractivity (Wildman–Crippen MR) is 152 cm³/mol. The zero-order valence-electron chi connectivity index (χ0n) is 22.3. The van der Waals surface area contributed by atoms with Crippen molar-refractivity contribution in [2.75, 3.05) is 18.8 Å². The summed E-state index contributed by atoms with van der Waals surface area (Å²) in [6.07, 6.45) is 5.78. The second kappa shape index (κ2) is 14.2. The zero-order chi connectivity index (χ0) is 29.3. The van der Waals surface area contributed by atoms with Crippen LogP contribution in [0.3, 0.4) is 0 Å². The van der Waals surface area contributed by atoms with Crippen LogP contribution in [0.1, 0.15) is 37.5 Å². The molecule has 0 aromatic heterocycles. The van der Waals surface area contributed by atoms with E-state index in [0.29, 0.717) is 16.3 Å². The van der Waals surface area contributed by atoms with Crippen LogP contribution in [0.2, 0.25) is 5.02 Å².